The minimum Gasteiger partial charge on any atom is -0.450 e. The Morgan fingerprint density at radius 3 is 2.67 bits per heavy atom. The molecule has 0 amide bonds. The van der Waals surface area contributed by atoms with Gasteiger partial charge in [0.1, 0.15) is 0 Å². The topological polar surface area (TPSA) is 30.2 Å². The third-order valence-corrected chi connectivity index (χ3v) is 2.65. The van der Waals surface area contributed by atoms with Crippen LogP contribution in [0.2, 0.25) is 0 Å². The van der Waals surface area contributed by atoms with Crippen LogP contribution in [0.15, 0.2) is 21.0 Å². The average molecular weight is 275 g/mol. The summed E-state index contributed by atoms with van der Waals surface area (Å²) in [6, 6.07) is 2.38. The van der Waals surface area contributed by atoms with Gasteiger partial charge in [0.25, 0.3) is 0 Å². The summed E-state index contributed by atoms with van der Waals surface area (Å²) < 4.78 is 31.5. The molecule has 0 N–H and O–H groups in total. The largest absolute Gasteiger partial charge is 0.450 e. The van der Waals surface area contributed by atoms with E-state index in [-0.39, 0.29) is 17.1 Å². The Morgan fingerprint density at radius 1 is 1.40 bits per heavy atom. The van der Waals surface area contributed by atoms with Crippen LogP contribution in [-0.2, 0) is 0 Å². The van der Waals surface area contributed by atoms with E-state index in [4.69, 9.17) is 4.42 Å². The van der Waals surface area contributed by atoms with E-state index in [1.165, 1.54) is 13.0 Å². The first kappa shape index (κ1) is 10.3. The Bertz CT molecular complexity index is 560. The van der Waals surface area contributed by atoms with Gasteiger partial charge >= 0.3 is 0 Å². The quantitative estimate of drug-likeness (QED) is 0.587. The smallest absolute Gasteiger partial charge is 0.201 e. The molecule has 2 rings (SSSR count). The molecule has 1 aromatic carbocycles. The molecule has 0 aliphatic rings. The van der Waals surface area contributed by atoms with E-state index in [1.807, 2.05) is 0 Å². The number of hydrogen-bond acceptors (Lipinski definition) is 2. The maximum absolute atomic E-state index is 13.3. The van der Waals surface area contributed by atoms with Crippen LogP contribution in [0.1, 0.15) is 17.5 Å². The molecular formula is C10H5BrF2O2. The molecule has 0 aliphatic heterocycles. The predicted octanol–water partition coefficient (Wildman–Crippen LogP) is 3.68. The number of ketones is 1. The van der Waals surface area contributed by atoms with Crippen LogP contribution in [0.25, 0.3) is 11.0 Å². The van der Waals surface area contributed by atoms with E-state index < -0.39 is 11.6 Å². The molecule has 78 valence electrons. The minimum atomic E-state index is -1.08. The first-order valence-electron chi connectivity index (χ1n) is 4.08. The average Bonchev–Trinajstić information content (AvgIpc) is 2.59. The van der Waals surface area contributed by atoms with E-state index in [1.54, 1.807) is 0 Å². The van der Waals surface area contributed by atoms with Crippen LogP contribution in [-0.4, -0.2) is 5.78 Å². The first-order valence-corrected chi connectivity index (χ1v) is 4.88. The van der Waals surface area contributed by atoms with Crippen LogP contribution < -0.4 is 0 Å². The van der Waals surface area contributed by atoms with Crippen molar-refractivity contribution in [3.8, 4) is 0 Å². The lowest BCUT2D eigenvalue weighted by molar-refractivity contribution is 0.0989. The fourth-order valence-electron chi connectivity index (χ4n) is 1.27. The molecule has 2 nitrogen and oxygen atoms in total. The Morgan fingerprint density at radius 2 is 2.07 bits per heavy atom. The van der Waals surface area contributed by atoms with Crippen LogP contribution in [0, 0.1) is 11.6 Å². The number of halogens is 3. The fourth-order valence-corrected chi connectivity index (χ4v) is 1.76. The van der Waals surface area contributed by atoms with Gasteiger partial charge < -0.3 is 4.42 Å². The standard InChI is InChI=1S/C10H5BrF2O2/c1-4(14)8-2-5-6(11)3-7(12)9(13)10(5)15-8/h2-3H,1H3. The number of carbonyl (C=O) groups excluding carboxylic acids is 1. The number of fused-ring (bicyclic) bond motifs is 1. The van der Waals surface area contributed by atoms with Crippen LogP contribution in [0.4, 0.5) is 8.78 Å². The highest BCUT2D eigenvalue weighted by Crippen LogP contribution is 2.31. The molecule has 0 spiro atoms. The number of rotatable bonds is 1. The zero-order valence-corrected chi connectivity index (χ0v) is 9.19. The molecule has 1 aromatic heterocycles. The highest BCUT2D eigenvalue weighted by Gasteiger charge is 2.17. The molecule has 0 atom stereocenters. The highest BCUT2D eigenvalue weighted by atomic mass is 79.9. The lowest BCUT2D eigenvalue weighted by Gasteiger charge is -1.95. The third kappa shape index (κ3) is 1.56. The molecule has 15 heavy (non-hydrogen) atoms. The van der Waals surface area contributed by atoms with Crippen LogP contribution in [0.5, 0.6) is 0 Å². The molecule has 0 unspecified atom stereocenters. The zero-order chi connectivity index (χ0) is 11.2. The van der Waals surface area contributed by atoms with Gasteiger partial charge in [-0.05, 0) is 28.1 Å². The second kappa shape index (κ2) is 3.41. The van der Waals surface area contributed by atoms with Gasteiger partial charge in [-0.3, -0.25) is 4.79 Å². The second-order valence-electron chi connectivity index (χ2n) is 3.06. The molecular weight excluding hydrogens is 270 g/mol. The summed E-state index contributed by atoms with van der Waals surface area (Å²) in [5.41, 5.74) is -0.243. The number of hydrogen-bond donors (Lipinski definition) is 0. The fraction of sp³-hybridized carbons (Fsp3) is 0.100. The van der Waals surface area contributed by atoms with Crippen molar-refractivity contribution in [2.24, 2.45) is 0 Å². The van der Waals surface area contributed by atoms with E-state index in [0.29, 0.717) is 9.86 Å². The maximum atomic E-state index is 13.3. The summed E-state index contributed by atoms with van der Waals surface area (Å²) in [7, 11) is 0. The highest BCUT2D eigenvalue weighted by molar-refractivity contribution is 9.10. The summed E-state index contributed by atoms with van der Waals surface area (Å²) in [6.07, 6.45) is 0. The number of Topliss-reactive ketones (excluding diaryl/α,β-unsaturated/α-hetero) is 1. The van der Waals surface area contributed by atoms with Gasteiger partial charge in [0.05, 0.1) is 0 Å². The zero-order valence-electron chi connectivity index (χ0n) is 7.61. The molecule has 2 aromatic rings. The lowest BCUT2D eigenvalue weighted by Crippen LogP contribution is -1.86. The van der Waals surface area contributed by atoms with Crippen molar-refractivity contribution in [2.75, 3.05) is 0 Å². The van der Waals surface area contributed by atoms with Gasteiger partial charge in [0.2, 0.25) is 5.82 Å². The van der Waals surface area contributed by atoms with Crippen LogP contribution >= 0.6 is 15.9 Å². The van der Waals surface area contributed by atoms with Crippen molar-refractivity contribution in [1.29, 1.82) is 0 Å². The molecule has 0 radical (unpaired) electrons. The van der Waals surface area contributed by atoms with E-state index in [9.17, 15) is 13.6 Å². The first-order chi connectivity index (χ1) is 7.00. The predicted molar refractivity (Wildman–Crippen MR) is 53.8 cm³/mol. The Kier molecular flexibility index (Phi) is 2.34. The van der Waals surface area contributed by atoms with Gasteiger partial charge in [-0.15, -0.1) is 0 Å². The van der Waals surface area contributed by atoms with Crippen molar-refractivity contribution in [1.82, 2.24) is 0 Å². The number of furan rings is 1. The monoisotopic (exact) mass is 274 g/mol. The SMILES string of the molecule is CC(=O)c1cc2c(Br)cc(F)c(F)c2o1. The van der Waals surface area contributed by atoms with E-state index >= 15 is 0 Å². The summed E-state index contributed by atoms with van der Waals surface area (Å²) >= 11 is 3.07. The Hall–Kier alpha value is -1.23. The van der Waals surface area contributed by atoms with Gasteiger partial charge in [-0.25, -0.2) is 4.39 Å². The van der Waals surface area contributed by atoms with Crippen molar-refractivity contribution in [3.63, 3.8) is 0 Å². The van der Waals surface area contributed by atoms with Crippen molar-refractivity contribution < 1.29 is 18.0 Å². The van der Waals surface area contributed by atoms with Crippen molar-refractivity contribution in [2.45, 2.75) is 6.92 Å². The number of benzene rings is 1. The molecule has 0 saturated heterocycles. The second-order valence-corrected chi connectivity index (χ2v) is 3.92. The van der Waals surface area contributed by atoms with E-state index in [0.717, 1.165) is 6.07 Å². The third-order valence-electron chi connectivity index (χ3n) is 2.00. The summed E-state index contributed by atoms with van der Waals surface area (Å²) in [4.78, 5) is 11.0. The summed E-state index contributed by atoms with van der Waals surface area (Å²) in [5, 5.41) is 0.346. The van der Waals surface area contributed by atoms with Gasteiger partial charge in [0, 0.05) is 16.8 Å². The summed E-state index contributed by atoms with van der Waals surface area (Å²) in [6.45, 7) is 1.29. The van der Waals surface area contributed by atoms with Gasteiger partial charge in [-0.2, -0.15) is 4.39 Å². The normalized spacial score (nSPS) is 10.9. The lowest BCUT2D eigenvalue weighted by atomic mass is 10.2. The molecule has 0 fully saturated rings. The molecule has 0 bridgehead atoms. The van der Waals surface area contributed by atoms with Crippen molar-refractivity contribution in [3.05, 3.63) is 34.0 Å². The Labute approximate surface area is 92.0 Å². The Balaban J connectivity index is 2.85. The molecule has 0 aliphatic carbocycles. The molecule has 0 saturated carbocycles. The number of carbonyl (C=O) groups is 1. The van der Waals surface area contributed by atoms with Crippen LogP contribution in [0.3, 0.4) is 0 Å². The van der Waals surface area contributed by atoms with Gasteiger partial charge in [-0.1, -0.05) is 0 Å². The summed E-state index contributed by atoms with van der Waals surface area (Å²) in [5.74, 6) is -2.42. The van der Waals surface area contributed by atoms with Gasteiger partial charge in [0.15, 0.2) is 22.9 Å². The molecule has 1 heterocycles. The van der Waals surface area contributed by atoms with Crippen molar-refractivity contribution >= 4 is 32.7 Å². The molecule has 5 heteroatoms. The minimum absolute atomic E-state index is 0.00944. The van der Waals surface area contributed by atoms with E-state index in [2.05, 4.69) is 15.9 Å². The maximum Gasteiger partial charge on any atom is 0.201 e.